The first-order valence-electron chi connectivity index (χ1n) is 6.67. The molecule has 0 amide bonds. The number of ether oxygens (including phenoxy) is 1. The molecule has 0 saturated heterocycles. The minimum atomic E-state index is 0.158. The van der Waals surface area contributed by atoms with Gasteiger partial charge in [0.25, 0.3) is 0 Å². The molecule has 5 nitrogen and oxygen atoms in total. The second-order valence-electron chi connectivity index (χ2n) is 4.91. The van der Waals surface area contributed by atoms with Crippen LogP contribution < -0.4 is 9.64 Å². The lowest BCUT2D eigenvalue weighted by atomic mass is 10.2. The average molecular weight is 271 g/mol. The molecular formula is C15H17N3O2. The Labute approximate surface area is 117 Å². The Morgan fingerprint density at radius 2 is 2.05 bits per heavy atom. The second-order valence-corrected chi connectivity index (χ2v) is 4.91. The normalized spacial score (nSPS) is 14.1. The number of phenols is 1. The number of hydrogen-bond donors (Lipinski definition) is 1. The molecule has 0 bridgehead atoms. The average Bonchev–Trinajstić information content (AvgIpc) is 3.32. The summed E-state index contributed by atoms with van der Waals surface area (Å²) in [5.74, 6) is 1.40. The van der Waals surface area contributed by atoms with Crippen LogP contribution in [0.25, 0.3) is 0 Å². The van der Waals surface area contributed by atoms with Crippen LogP contribution >= 0.6 is 0 Å². The fraction of sp³-hybridized carbons (Fsp3) is 0.333. The molecule has 0 atom stereocenters. The van der Waals surface area contributed by atoms with Crippen molar-refractivity contribution < 1.29 is 9.84 Å². The van der Waals surface area contributed by atoms with Gasteiger partial charge in [0.2, 0.25) is 5.95 Å². The molecule has 3 rings (SSSR count). The summed E-state index contributed by atoms with van der Waals surface area (Å²) in [7, 11) is 1.55. The van der Waals surface area contributed by atoms with Gasteiger partial charge in [0.15, 0.2) is 11.5 Å². The summed E-state index contributed by atoms with van der Waals surface area (Å²) < 4.78 is 5.15. The first-order valence-corrected chi connectivity index (χ1v) is 6.67. The van der Waals surface area contributed by atoms with E-state index in [9.17, 15) is 5.11 Å². The number of aromatic hydroxyl groups is 1. The second kappa shape index (κ2) is 5.36. The van der Waals surface area contributed by atoms with E-state index in [0.717, 1.165) is 11.5 Å². The smallest absolute Gasteiger partial charge is 0.225 e. The molecule has 5 heteroatoms. The van der Waals surface area contributed by atoms with Crippen LogP contribution in [0.1, 0.15) is 18.4 Å². The Kier molecular flexibility index (Phi) is 3.41. The number of hydrogen-bond acceptors (Lipinski definition) is 5. The number of phenolic OH excluding ortho intramolecular Hbond substituents is 1. The van der Waals surface area contributed by atoms with Gasteiger partial charge in [-0.3, -0.25) is 0 Å². The molecule has 1 heterocycles. The topological polar surface area (TPSA) is 58.5 Å². The van der Waals surface area contributed by atoms with Crippen LogP contribution in [0, 0.1) is 0 Å². The summed E-state index contributed by atoms with van der Waals surface area (Å²) >= 11 is 0. The molecule has 1 saturated carbocycles. The standard InChI is InChI=1S/C15H17N3O2/c1-20-14-9-11(3-6-13(14)19)10-18(12-4-5-12)15-16-7-2-8-17-15/h2-3,6-9,12,19H,4-5,10H2,1H3. The van der Waals surface area contributed by atoms with Gasteiger partial charge in [-0.2, -0.15) is 0 Å². The van der Waals surface area contributed by atoms with E-state index in [4.69, 9.17) is 4.74 Å². The highest BCUT2D eigenvalue weighted by molar-refractivity contribution is 5.44. The highest BCUT2D eigenvalue weighted by Gasteiger charge is 2.30. The molecule has 2 aromatic rings. The summed E-state index contributed by atoms with van der Waals surface area (Å²) in [6, 6.07) is 7.74. The van der Waals surface area contributed by atoms with Crippen molar-refractivity contribution in [1.82, 2.24) is 9.97 Å². The van der Waals surface area contributed by atoms with Crippen LogP contribution in [0.15, 0.2) is 36.7 Å². The number of nitrogens with zero attached hydrogens (tertiary/aromatic N) is 3. The van der Waals surface area contributed by atoms with Gasteiger partial charge in [0, 0.05) is 25.0 Å². The number of rotatable bonds is 5. The Morgan fingerprint density at radius 3 is 2.70 bits per heavy atom. The van der Waals surface area contributed by atoms with Crippen LogP contribution in [0.2, 0.25) is 0 Å². The third-order valence-corrected chi connectivity index (χ3v) is 3.39. The summed E-state index contributed by atoms with van der Waals surface area (Å²) in [6.45, 7) is 0.714. The van der Waals surface area contributed by atoms with E-state index in [0.29, 0.717) is 18.3 Å². The van der Waals surface area contributed by atoms with Crippen molar-refractivity contribution >= 4 is 5.95 Å². The zero-order valence-electron chi connectivity index (χ0n) is 11.4. The Hall–Kier alpha value is -2.30. The summed E-state index contributed by atoms with van der Waals surface area (Å²) in [6.07, 6.45) is 5.87. The van der Waals surface area contributed by atoms with Crippen molar-refractivity contribution in [2.75, 3.05) is 12.0 Å². The van der Waals surface area contributed by atoms with Crippen LogP contribution in [0.5, 0.6) is 11.5 Å². The molecule has 1 N–H and O–H groups in total. The van der Waals surface area contributed by atoms with E-state index in [1.807, 2.05) is 18.2 Å². The molecule has 0 radical (unpaired) electrons. The van der Waals surface area contributed by atoms with Crippen LogP contribution in [-0.2, 0) is 6.54 Å². The molecule has 0 unspecified atom stereocenters. The first-order chi connectivity index (χ1) is 9.78. The van der Waals surface area contributed by atoms with Crippen molar-refractivity contribution in [3.05, 3.63) is 42.2 Å². The van der Waals surface area contributed by atoms with E-state index >= 15 is 0 Å². The van der Waals surface area contributed by atoms with Crippen molar-refractivity contribution in [2.24, 2.45) is 0 Å². The third kappa shape index (κ3) is 2.66. The number of aromatic nitrogens is 2. The van der Waals surface area contributed by atoms with Crippen LogP contribution in [-0.4, -0.2) is 28.2 Å². The van der Waals surface area contributed by atoms with Crippen LogP contribution in [0.4, 0.5) is 5.95 Å². The SMILES string of the molecule is COc1cc(CN(c2ncccn2)C2CC2)ccc1O. The molecule has 0 aliphatic heterocycles. The third-order valence-electron chi connectivity index (χ3n) is 3.39. The van der Waals surface area contributed by atoms with Crippen molar-refractivity contribution in [1.29, 1.82) is 0 Å². The van der Waals surface area contributed by atoms with Gasteiger partial charge in [-0.1, -0.05) is 6.07 Å². The zero-order chi connectivity index (χ0) is 13.9. The molecule has 1 aliphatic rings. The van der Waals surface area contributed by atoms with E-state index < -0.39 is 0 Å². The van der Waals surface area contributed by atoms with Gasteiger partial charge in [-0.15, -0.1) is 0 Å². The number of anilines is 1. The van der Waals surface area contributed by atoms with Crippen molar-refractivity contribution in [2.45, 2.75) is 25.4 Å². The van der Waals surface area contributed by atoms with Gasteiger partial charge in [0.05, 0.1) is 7.11 Å². The minimum Gasteiger partial charge on any atom is -0.504 e. The summed E-state index contributed by atoms with van der Waals surface area (Å²) in [5.41, 5.74) is 1.07. The largest absolute Gasteiger partial charge is 0.504 e. The first kappa shape index (κ1) is 12.7. The molecule has 20 heavy (non-hydrogen) atoms. The number of benzene rings is 1. The summed E-state index contributed by atoms with van der Waals surface area (Å²) in [5, 5.41) is 9.64. The highest BCUT2D eigenvalue weighted by Crippen LogP contribution is 2.32. The zero-order valence-corrected chi connectivity index (χ0v) is 11.4. The minimum absolute atomic E-state index is 0.158. The fourth-order valence-electron chi connectivity index (χ4n) is 2.21. The molecule has 1 fully saturated rings. The Morgan fingerprint density at radius 1 is 1.30 bits per heavy atom. The highest BCUT2D eigenvalue weighted by atomic mass is 16.5. The van der Waals surface area contributed by atoms with Gasteiger partial charge in [-0.25, -0.2) is 9.97 Å². The lowest BCUT2D eigenvalue weighted by Crippen LogP contribution is -2.26. The van der Waals surface area contributed by atoms with Gasteiger partial charge >= 0.3 is 0 Å². The molecule has 0 spiro atoms. The van der Waals surface area contributed by atoms with Crippen molar-refractivity contribution in [3.8, 4) is 11.5 Å². The molecule has 1 aliphatic carbocycles. The maximum absolute atomic E-state index is 9.64. The fourth-order valence-corrected chi connectivity index (χ4v) is 2.21. The summed E-state index contributed by atoms with van der Waals surface area (Å²) in [4.78, 5) is 10.9. The van der Waals surface area contributed by atoms with Gasteiger partial charge in [-0.05, 0) is 36.6 Å². The molecule has 104 valence electrons. The lowest BCUT2D eigenvalue weighted by Gasteiger charge is -2.22. The van der Waals surface area contributed by atoms with E-state index in [1.54, 1.807) is 25.6 Å². The molecular weight excluding hydrogens is 254 g/mol. The Bertz CT molecular complexity index is 585. The maximum Gasteiger partial charge on any atom is 0.225 e. The molecule has 1 aromatic carbocycles. The van der Waals surface area contributed by atoms with E-state index in [-0.39, 0.29) is 5.75 Å². The van der Waals surface area contributed by atoms with Crippen LogP contribution in [0.3, 0.4) is 0 Å². The Balaban J connectivity index is 1.84. The van der Waals surface area contributed by atoms with E-state index in [2.05, 4.69) is 14.9 Å². The number of methoxy groups -OCH3 is 1. The monoisotopic (exact) mass is 271 g/mol. The van der Waals surface area contributed by atoms with Crippen molar-refractivity contribution in [3.63, 3.8) is 0 Å². The molecule has 1 aromatic heterocycles. The quantitative estimate of drug-likeness (QED) is 0.904. The predicted octanol–water partition coefficient (Wildman–Crippen LogP) is 2.36. The lowest BCUT2D eigenvalue weighted by molar-refractivity contribution is 0.373. The predicted molar refractivity (Wildman–Crippen MR) is 75.9 cm³/mol. The maximum atomic E-state index is 9.64. The van der Waals surface area contributed by atoms with Gasteiger partial charge < -0.3 is 14.7 Å². The van der Waals surface area contributed by atoms with Gasteiger partial charge in [0.1, 0.15) is 0 Å². The van der Waals surface area contributed by atoms with E-state index in [1.165, 1.54) is 12.8 Å².